The summed E-state index contributed by atoms with van der Waals surface area (Å²) in [7, 11) is 1.30. The Morgan fingerprint density at radius 3 is 2.33 bits per heavy atom. The fourth-order valence-electron chi connectivity index (χ4n) is 2.34. The highest BCUT2D eigenvalue weighted by Gasteiger charge is 2.48. The lowest BCUT2D eigenvalue weighted by Crippen LogP contribution is -2.53. The van der Waals surface area contributed by atoms with Crippen molar-refractivity contribution in [1.82, 2.24) is 4.90 Å². The molecule has 1 aliphatic rings. The average Bonchev–Trinajstić information content (AvgIpc) is 2.80. The Labute approximate surface area is 145 Å². The number of aliphatic hydroxyl groups is 1. The van der Waals surface area contributed by atoms with Gasteiger partial charge in [-0.15, -0.1) is 0 Å². The standard InChI is InChI=1S/C15H27NO6.C2H6/c1-14(2,3)22-13(19)16-10(9-21-15(16,4)5)11(17)7-8-12(18)20-6;1-2/h10-11,17H,7-9H2,1-6H3;1-2H3. The van der Waals surface area contributed by atoms with Crippen molar-refractivity contribution in [3.63, 3.8) is 0 Å². The molecule has 7 nitrogen and oxygen atoms in total. The van der Waals surface area contributed by atoms with Gasteiger partial charge in [0.25, 0.3) is 0 Å². The first-order valence-corrected chi connectivity index (χ1v) is 8.39. The van der Waals surface area contributed by atoms with Gasteiger partial charge >= 0.3 is 12.1 Å². The Morgan fingerprint density at radius 1 is 1.33 bits per heavy atom. The number of ether oxygens (including phenoxy) is 3. The molecule has 2 unspecified atom stereocenters. The highest BCUT2D eigenvalue weighted by atomic mass is 16.6. The predicted molar refractivity (Wildman–Crippen MR) is 90.5 cm³/mol. The molecule has 1 N–H and O–H groups in total. The maximum absolute atomic E-state index is 12.4. The zero-order chi connectivity index (χ0) is 19.1. The molecule has 142 valence electrons. The third-order valence-electron chi connectivity index (χ3n) is 3.43. The van der Waals surface area contributed by atoms with Crippen LogP contribution >= 0.6 is 0 Å². The molecule has 7 heteroatoms. The number of carbonyl (C=O) groups excluding carboxylic acids is 2. The van der Waals surface area contributed by atoms with Gasteiger partial charge in [-0.05, 0) is 41.0 Å². The lowest BCUT2D eigenvalue weighted by atomic mass is 10.0. The molecule has 1 fully saturated rings. The summed E-state index contributed by atoms with van der Waals surface area (Å²) in [6, 6.07) is -0.561. The molecule has 24 heavy (non-hydrogen) atoms. The monoisotopic (exact) mass is 347 g/mol. The number of methoxy groups -OCH3 is 1. The van der Waals surface area contributed by atoms with Gasteiger partial charge in [-0.2, -0.15) is 0 Å². The lowest BCUT2D eigenvalue weighted by Gasteiger charge is -2.36. The van der Waals surface area contributed by atoms with Crippen LogP contribution in [0.1, 0.15) is 61.3 Å². The summed E-state index contributed by atoms with van der Waals surface area (Å²) >= 11 is 0. The fraction of sp³-hybridized carbons (Fsp3) is 0.882. The predicted octanol–water partition coefficient (Wildman–Crippen LogP) is 2.70. The molecule has 1 aliphatic heterocycles. The molecule has 0 bridgehead atoms. The summed E-state index contributed by atoms with van der Waals surface area (Å²) in [5.74, 6) is -0.402. The SMILES string of the molecule is CC.COC(=O)CCC(O)C1COC(C)(C)N1C(=O)OC(C)(C)C. The van der Waals surface area contributed by atoms with Crippen molar-refractivity contribution in [1.29, 1.82) is 0 Å². The quantitative estimate of drug-likeness (QED) is 0.787. The maximum atomic E-state index is 12.4. The van der Waals surface area contributed by atoms with Gasteiger partial charge in [0.05, 0.1) is 25.9 Å². The molecule has 1 heterocycles. The van der Waals surface area contributed by atoms with Gasteiger partial charge in [0.2, 0.25) is 0 Å². The van der Waals surface area contributed by atoms with E-state index in [9.17, 15) is 14.7 Å². The van der Waals surface area contributed by atoms with E-state index in [1.165, 1.54) is 12.0 Å². The van der Waals surface area contributed by atoms with Crippen molar-refractivity contribution in [3.05, 3.63) is 0 Å². The fourth-order valence-corrected chi connectivity index (χ4v) is 2.34. The van der Waals surface area contributed by atoms with E-state index in [0.29, 0.717) is 0 Å². The van der Waals surface area contributed by atoms with Crippen LogP contribution in [0.15, 0.2) is 0 Å². The van der Waals surface area contributed by atoms with E-state index in [1.54, 1.807) is 34.6 Å². The molecule has 1 amide bonds. The first kappa shape index (κ1) is 22.7. The van der Waals surface area contributed by atoms with Crippen LogP contribution in [0.3, 0.4) is 0 Å². The number of carbonyl (C=O) groups is 2. The molecule has 0 aromatic carbocycles. The molecule has 0 aliphatic carbocycles. The summed E-state index contributed by atoms with van der Waals surface area (Å²) in [4.78, 5) is 25.0. The number of hydrogen-bond acceptors (Lipinski definition) is 6. The smallest absolute Gasteiger partial charge is 0.412 e. The first-order chi connectivity index (χ1) is 11.0. The van der Waals surface area contributed by atoms with Crippen molar-refractivity contribution in [2.45, 2.75) is 84.8 Å². The number of nitrogens with zero attached hydrogens (tertiary/aromatic N) is 1. The van der Waals surface area contributed by atoms with Gasteiger partial charge < -0.3 is 19.3 Å². The van der Waals surface area contributed by atoms with Crippen molar-refractivity contribution >= 4 is 12.1 Å². The molecule has 1 rings (SSSR count). The number of hydrogen-bond donors (Lipinski definition) is 1. The summed E-state index contributed by atoms with van der Waals surface area (Å²) in [6.07, 6.45) is -1.17. The molecule has 0 aromatic heterocycles. The maximum Gasteiger partial charge on any atom is 0.412 e. The van der Waals surface area contributed by atoms with Crippen LogP contribution in [0.2, 0.25) is 0 Å². The first-order valence-electron chi connectivity index (χ1n) is 8.39. The minimum absolute atomic E-state index is 0.0801. The van der Waals surface area contributed by atoms with Gasteiger partial charge in [-0.3, -0.25) is 9.69 Å². The van der Waals surface area contributed by atoms with E-state index >= 15 is 0 Å². The van der Waals surface area contributed by atoms with Crippen molar-refractivity contribution < 1.29 is 28.9 Å². The summed E-state index contributed by atoms with van der Waals surface area (Å²) in [5, 5.41) is 10.3. The van der Waals surface area contributed by atoms with E-state index in [0.717, 1.165) is 0 Å². The molecule has 1 saturated heterocycles. The number of aliphatic hydroxyl groups excluding tert-OH is 1. The summed E-state index contributed by atoms with van der Waals surface area (Å²) < 4.78 is 15.6. The van der Waals surface area contributed by atoms with Crippen LogP contribution in [0.25, 0.3) is 0 Å². The Balaban J connectivity index is 0.00000254. The zero-order valence-corrected chi connectivity index (χ0v) is 16.2. The third-order valence-corrected chi connectivity index (χ3v) is 3.43. The second-order valence-corrected chi connectivity index (χ2v) is 6.86. The van der Waals surface area contributed by atoms with E-state index in [2.05, 4.69) is 4.74 Å². The van der Waals surface area contributed by atoms with E-state index in [1.807, 2.05) is 13.8 Å². The number of esters is 1. The van der Waals surface area contributed by atoms with Gasteiger partial charge in [0.1, 0.15) is 11.3 Å². The zero-order valence-electron chi connectivity index (χ0n) is 16.2. The van der Waals surface area contributed by atoms with Gasteiger partial charge in [-0.25, -0.2) is 4.79 Å². The molecule has 0 spiro atoms. The molecule has 2 atom stereocenters. The van der Waals surface area contributed by atoms with Crippen LogP contribution in [-0.2, 0) is 19.0 Å². The van der Waals surface area contributed by atoms with Crippen LogP contribution in [0, 0.1) is 0 Å². The molecule has 0 aromatic rings. The van der Waals surface area contributed by atoms with Gasteiger partial charge in [-0.1, -0.05) is 13.8 Å². The molecule has 0 saturated carbocycles. The second kappa shape index (κ2) is 9.22. The number of amides is 1. The Kier molecular flexibility index (Phi) is 8.71. The van der Waals surface area contributed by atoms with Crippen LogP contribution < -0.4 is 0 Å². The van der Waals surface area contributed by atoms with Crippen molar-refractivity contribution in [2.24, 2.45) is 0 Å². The number of rotatable bonds is 4. The largest absolute Gasteiger partial charge is 0.469 e. The lowest BCUT2D eigenvalue weighted by molar-refractivity contribution is -0.141. The van der Waals surface area contributed by atoms with Gasteiger partial charge in [0.15, 0.2) is 0 Å². The van der Waals surface area contributed by atoms with E-state index < -0.39 is 35.5 Å². The minimum Gasteiger partial charge on any atom is -0.469 e. The van der Waals surface area contributed by atoms with E-state index in [-0.39, 0.29) is 19.4 Å². The van der Waals surface area contributed by atoms with Gasteiger partial charge in [0, 0.05) is 6.42 Å². The van der Waals surface area contributed by atoms with Crippen LogP contribution in [0.5, 0.6) is 0 Å². The van der Waals surface area contributed by atoms with Crippen molar-refractivity contribution in [3.8, 4) is 0 Å². The Hall–Kier alpha value is -1.34. The van der Waals surface area contributed by atoms with Crippen LogP contribution in [0.4, 0.5) is 4.79 Å². The Bertz CT molecular complexity index is 416. The normalized spacial score (nSPS) is 20.7. The Morgan fingerprint density at radius 2 is 1.88 bits per heavy atom. The summed E-state index contributed by atoms with van der Waals surface area (Å²) in [5.41, 5.74) is -1.52. The van der Waals surface area contributed by atoms with Crippen LogP contribution in [-0.4, -0.2) is 59.3 Å². The molecular weight excluding hydrogens is 314 g/mol. The topological polar surface area (TPSA) is 85.3 Å². The average molecular weight is 347 g/mol. The minimum atomic E-state index is -0.895. The highest BCUT2D eigenvalue weighted by molar-refractivity contribution is 5.70. The second-order valence-electron chi connectivity index (χ2n) is 6.86. The molecule has 0 radical (unpaired) electrons. The molecular formula is C17H33NO6. The third kappa shape index (κ3) is 6.65. The highest BCUT2D eigenvalue weighted by Crippen LogP contribution is 2.31. The van der Waals surface area contributed by atoms with Crippen molar-refractivity contribution in [2.75, 3.05) is 13.7 Å². The van der Waals surface area contributed by atoms with E-state index in [4.69, 9.17) is 9.47 Å². The summed E-state index contributed by atoms with van der Waals surface area (Å²) in [6.45, 7) is 13.0.